The number of fused-ring (bicyclic) bond motifs is 1. The van der Waals surface area contributed by atoms with E-state index >= 15 is 0 Å². The summed E-state index contributed by atoms with van der Waals surface area (Å²) < 4.78 is 13.1. The first-order chi connectivity index (χ1) is 16.1. The zero-order valence-electron chi connectivity index (χ0n) is 19.1. The molecule has 1 aliphatic heterocycles. The molecule has 0 spiro atoms. The SMILES string of the molecule is CC1(C(=O)NC2CCCCCCC2)Cn2c(ccc2-c2ccco2)C(=O)N1Cc1ccco1. The molecule has 2 amide bonds. The molecule has 7 nitrogen and oxygen atoms in total. The van der Waals surface area contributed by atoms with Gasteiger partial charge in [-0.05, 0) is 56.2 Å². The standard InChI is InChI=1S/C26H31N3O4/c1-26(25(31)27-19-9-5-3-2-4-6-10-19)18-28-21(23-12-8-16-33-23)13-14-22(28)24(30)29(26)17-20-11-7-15-32-20/h7-8,11-16,19H,2-6,9-10,17-18H2,1H3,(H,27,31). The summed E-state index contributed by atoms with van der Waals surface area (Å²) in [7, 11) is 0. The number of nitrogens with zero attached hydrogens (tertiary/aromatic N) is 2. The number of nitrogens with one attached hydrogen (secondary N) is 1. The summed E-state index contributed by atoms with van der Waals surface area (Å²) in [6.07, 6.45) is 11.1. The Balaban J connectivity index is 1.48. The van der Waals surface area contributed by atoms with E-state index in [0.717, 1.165) is 31.4 Å². The minimum absolute atomic E-state index is 0.113. The van der Waals surface area contributed by atoms with E-state index in [9.17, 15) is 9.59 Å². The van der Waals surface area contributed by atoms with Gasteiger partial charge in [0.1, 0.15) is 22.8 Å². The quantitative estimate of drug-likeness (QED) is 0.595. The van der Waals surface area contributed by atoms with Crippen molar-refractivity contribution in [3.63, 3.8) is 0 Å². The Morgan fingerprint density at radius 3 is 2.39 bits per heavy atom. The Bertz CT molecular complexity index is 1090. The second-order valence-electron chi connectivity index (χ2n) is 9.43. The molecule has 1 fully saturated rings. The van der Waals surface area contributed by atoms with Gasteiger partial charge in [0, 0.05) is 6.04 Å². The lowest BCUT2D eigenvalue weighted by atomic mass is 9.92. The summed E-state index contributed by atoms with van der Waals surface area (Å²) in [6, 6.07) is 11.2. The Hall–Kier alpha value is -3.22. The van der Waals surface area contributed by atoms with Crippen molar-refractivity contribution in [1.29, 1.82) is 0 Å². The third kappa shape index (κ3) is 4.12. The van der Waals surface area contributed by atoms with Crippen LogP contribution in [0.5, 0.6) is 0 Å². The molecule has 4 heterocycles. The van der Waals surface area contributed by atoms with Crippen LogP contribution in [0.4, 0.5) is 0 Å². The first-order valence-electron chi connectivity index (χ1n) is 11.9. The number of carbonyl (C=O) groups excluding carboxylic acids is 2. The van der Waals surface area contributed by atoms with Crippen molar-refractivity contribution in [3.05, 3.63) is 60.4 Å². The second-order valence-corrected chi connectivity index (χ2v) is 9.43. The maximum absolute atomic E-state index is 13.8. The molecule has 1 N–H and O–H groups in total. The molecule has 7 heteroatoms. The van der Waals surface area contributed by atoms with Crippen molar-refractivity contribution in [2.24, 2.45) is 0 Å². The lowest BCUT2D eigenvalue weighted by molar-refractivity contribution is -0.134. The van der Waals surface area contributed by atoms with E-state index in [2.05, 4.69) is 5.32 Å². The van der Waals surface area contributed by atoms with Crippen molar-refractivity contribution < 1.29 is 18.4 Å². The first-order valence-corrected chi connectivity index (χ1v) is 11.9. The summed E-state index contributed by atoms with van der Waals surface area (Å²) in [5, 5.41) is 3.30. The average Bonchev–Trinajstić information content (AvgIpc) is 3.54. The smallest absolute Gasteiger partial charge is 0.271 e. The number of amides is 2. The summed E-state index contributed by atoms with van der Waals surface area (Å²) >= 11 is 0. The van der Waals surface area contributed by atoms with Gasteiger partial charge in [0.15, 0.2) is 0 Å². The van der Waals surface area contributed by atoms with E-state index in [1.54, 1.807) is 23.5 Å². The highest BCUT2D eigenvalue weighted by Gasteiger charge is 2.48. The molecule has 33 heavy (non-hydrogen) atoms. The number of aromatic nitrogens is 1. The highest BCUT2D eigenvalue weighted by atomic mass is 16.3. The molecule has 1 aliphatic carbocycles. The van der Waals surface area contributed by atoms with Crippen LogP contribution in [-0.4, -0.2) is 32.9 Å². The molecule has 0 radical (unpaired) electrons. The van der Waals surface area contributed by atoms with Crippen molar-refractivity contribution >= 4 is 11.8 Å². The van der Waals surface area contributed by atoms with Crippen LogP contribution in [-0.2, 0) is 17.9 Å². The van der Waals surface area contributed by atoms with Crippen LogP contribution in [0.3, 0.4) is 0 Å². The average molecular weight is 450 g/mol. The molecule has 1 unspecified atom stereocenters. The van der Waals surface area contributed by atoms with Crippen molar-refractivity contribution in [2.75, 3.05) is 0 Å². The Kier molecular flexibility index (Phi) is 5.87. The van der Waals surface area contributed by atoms with Gasteiger partial charge in [0.25, 0.3) is 5.91 Å². The van der Waals surface area contributed by atoms with Crippen LogP contribution in [0.15, 0.2) is 57.8 Å². The summed E-state index contributed by atoms with van der Waals surface area (Å²) in [6.45, 7) is 2.44. The van der Waals surface area contributed by atoms with Gasteiger partial charge >= 0.3 is 0 Å². The van der Waals surface area contributed by atoms with Crippen LogP contribution in [0.1, 0.15) is 68.1 Å². The van der Waals surface area contributed by atoms with Gasteiger partial charge in [-0.15, -0.1) is 0 Å². The minimum atomic E-state index is -1.07. The molecule has 3 aromatic heterocycles. The summed E-state index contributed by atoms with van der Waals surface area (Å²) in [4.78, 5) is 29.2. The maximum atomic E-state index is 13.8. The maximum Gasteiger partial charge on any atom is 0.271 e. The molecule has 174 valence electrons. The topological polar surface area (TPSA) is 80.6 Å². The second kappa shape index (κ2) is 8.96. The number of hydrogen-bond donors (Lipinski definition) is 1. The van der Waals surface area contributed by atoms with E-state index in [1.165, 1.54) is 19.3 Å². The molecular formula is C26H31N3O4. The fraction of sp³-hybridized carbons (Fsp3) is 0.462. The van der Waals surface area contributed by atoms with Crippen LogP contribution in [0.25, 0.3) is 11.5 Å². The Labute approximate surface area is 193 Å². The molecule has 3 aromatic rings. The Morgan fingerprint density at radius 1 is 1.00 bits per heavy atom. The van der Waals surface area contributed by atoms with E-state index < -0.39 is 5.54 Å². The minimum Gasteiger partial charge on any atom is -0.467 e. The van der Waals surface area contributed by atoms with E-state index in [0.29, 0.717) is 23.8 Å². The zero-order valence-corrected chi connectivity index (χ0v) is 19.1. The normalized spacial score (nSPS) is 22.0. The summed E-state index contributed by atoms with van der Waals surface area (Å²) in [5.41, 5.74) is 0.273. The molecule has 1 saturated carbocycles. The molecular weight excluding hydrogens is 418 g/mol. The highest BCUT2D eigenvalue weighted by Crippen LogP contribution is 2.34. The van der Waals surface area contributed by atoms with Crippen molar-refractivity contribution in [3.8, 4) is 11.5 Å². The molecule has 1 atom stereocenters. The van der Waals surface area contributed by atoms with E-state index in [4.69, 9.17) is 8.83 Å². The number of rotatable bonds is 5. The predicted molar refractivity (Wildman–Crippen MR) is 123 cm³/mol. The number of hydrogen-bond acceptors (Lipinski definition) is 4. The molecule has 5 rings (SSSR count). The van der Waals surface area contributed by atoms with Gasteiger partial charge in [0.2, 0.25) is 5.91 Å². The van der Waals surface area contributed by atoms with Crippen molar-refractivity contribution in [1.82, 2.24) is 14.8 Å². The van der Waals surface area contributed by atoms with Crippen molar-refractivity contribution in [2.45, 2.75) is 76.5 Å². The van der Waals surface area contributed by atoms with Gasteiger partial charge in [-0.25, -0.2) is 0 Å². The summed E-state index contributed by atoms with van der Waals surface area (Å²) in [5.74, 6) is 1.03. The predicted octanol–water partition coefficient (Wildman–Crippen LogP) is 4.98. The van der Waals surface area contributed by atoms with E-state index in [-0.39, 0.29) is 24.4 Å². The molecule has 0 aromatic carbocycles. The van der Waals surface area contributed by atoms with Crippen LogP contribution < -0.4 is 5.32 Å². The van der Waals surface area contributed by atoms with Gasteiger partial charge in [-0.3, -0.25) is 9.59 Å². The van der Waals surface area contributed by atoms with Gasteiger partial charge in [-0.1, -0.05) is 32.1 Å². The molecule has 0 saturated heterocycles. The fourth-order valence-corrected chi connectivity index (χ4v) is 5.16. The first kappa shape index (κ1) is 21.6. The zero-order chi connectivity index (χ0) is 22.8. The van der Waals surface area contributed by atoms with Gasteiger partial charge < -0.3 is 23.6 Å². The lowest BCUT2D eigenvalue weighted by Crippen LogP contribution is -2.64. The van der Waals surface area contributed by atoms with Crippen LogP contribution >= 0.6 is 0 Å². The third-order valence-electron chi connectivity index (χ3n) is 7.10. The van der Waals surface area contributed by atoms with Crippen LogP contribution in [0.2, 0.25) is 0 Å². The monoisotopic (exact) mass is 449 g/mol. The Morgan fingerprint density at radius 2 is 1.70 bits per heavy atom. The molecule has 0 bridgehead atoms. The van der Waals surface area contributed by atoms with Gasteiger partial charge in [-0.2, -0.15) is 0 Å². The third-order valence-corrected chi connectivity index (χ3v) is 7.10. The number of furan rings is 2. The van der Waals surface area contributed by atoms with Gasteiger partial charge in [0.05, 0.1) is 31.3 Å². The number of carbonyl (C=O) groups is 2. The molecule has 2 aliphatic rings. The van der Waals surface area contributed by atoms with E-state index in [1.807, 2.05) is 41.8 Å². The fourth-order valence-electron chi connectivity index (χ4n) is 5.16. The van der Waals surface area contributed by atoms with Crippen LogP contribution in [0, 0.1) is 0 Å². The lowest BCUT2D eigenvalue weighted by Gasteiger charge is -2.44. The largest absolute Gasteiger partial charge is 0.467 e. The highest BCUT2D eigenvalue weighted by molar-refractivity contribution is 6.00.